The molecule has 0 aliphatic carbocycles. The Morgan fingerprint density at radius 3 is 2.70 bits per heavy atom. The Morgan fingerprint density at radius 2 is 2.11 bits per heavy atom. The predicted molar refractivity (Wildman–Crippen MR) is 95.4 cm³/mol. The molecule has 0 bridgehead atoms. The molecule has 27 heavy (non-hydrogen) atoms. The predicted octanol–water partition coefficient (Wildman–Crippen LogP) is 4.17. The summed E-state index contributed by atoms with van der Waals surface area (Å²) >= 11 is 6.17. The van der Waals surface area contributed by atoms with Gasteiger partial charge in [-0.25, -0.2) is 9.78 Å². The molecule has 1 aliphatic heterocycles. The molecule has 0 spiro atoms. The SMILES string of the molecule is CC(C)(C)NC(=O)O[C@@H]1CCCN(c2ncc(OCC(F)(F)F)cc2Cl)C1. The fourth-order valence-corrected chi connectivity index (χ4v) is 2.88. The quantitative estimate of drug-likeness (QED) is 0.808. The molecule has 6 nitrogen and oxygen atoms in total. The standard InChI is InChI=1S/C17H23ClF3N3O3/c1-16(2,3)23-15(25)27-11-5-4-6-24(9-11)14-13(18)7-12(8-22-14)26-10-17(19,20)21/h7-8,11H,4-6,9-10H2,1-3H3,(H,23,25)/t11-/m1/s1. The minimum atomic E-state index is -4.43. The van der Waals surface area contributed by atoms with Crippen LogP contribution in [-0.4, -0.2) is 48.6 Å². The van der Waals surface area contributed by atoms with Crippen LogP contribution < -0.4 is 15.0 Å². The second kappa shape index (κ2) is 8.41. The first kappa shape index (κ1) is 21.4. The van der Waals surface area contributed by atoms with E-state index in [9.17, 15) is 18.0 Å². The highest BCUT2D eigenvalue weighted by molar-refractivity contribution is 6.33. The summed E-state index contributed by atoms with van der Waals surface area (Å²) in [7, 11) is 0. The lowest BCUT2D eigenvalue weighted by molar-refractivity contribution is -0.153. The Labute approximate surface area is 161 Å². The van der Waals surface area contributed by atoms with Gasteiger partial charge in [0.2, 0.25) is 0 Å². The van der Waals surface area contributed by atoms with Crippen molar-refractivity contribution < 1.29 is 27.4 Å². The molecule has 2 heterocycles. The average molecular weight is 410 g/mol. The van der Waals surface area contributed by atoms with Gasteiger partial charge in [0.05, 0.1) is 17.8 Å². The number of alkyl carbamates (subject to hydrolysis) is 1. The van der Waals surface area contributed by atoms with E-state index >= 15 is 0 Å². The summed E-state index contributed by atoms with van der Waals surface area (Å²) in [4.78, 5) is 17.9. The number of carbonyl (C=O) groups is 1. The van der Waals surface area contributed by atoms with Crippen LogP contribution in [0.5, 0.6) is 5.75 Å². The van der Waals surface area contributed by atoms with Crippen molar-refractivity contribution in [3.8, 4) is 5.75 Å². The molecular weight excluding hydrogens is 387 g/mol. The molecule has 1 fully saturated rings. The van der Waals surface area contributed by atoms with Crippen molar-refractivity contribution in [2.75, 3.05) is 24.6 Å². The number of alkyl halides is 3. The molecular formula is C17H23ClF3N3O3. The number of hydrogen-bond donors (Lipinski definition) is 1. The van der Waals surface area contributed by atoms with Gasteiger partial charge in [-0.3, -0.25) is 0 Å². The molecule has 1 aromatic rings. The number of aromatic nitrogens is 1. The van der Waals surface area contributed by atoms with Gasteiger partial charge in [-0.15, -0.1) is 0 Å². The van der Waals surface area contributed by atoms with Gasteiger partial charge in [0.1, 0.15) is 17.7 Å². The maximum absolute atomic E-state index is 12.2. The molecule has 1 amide bonds. The highest BCUT2D eigenvalue weighted by Crippen LogP contribution is 2.30. The number of anilines is 1. The van der Waals surface area contributed by atoms with Gasteiger partial charge in [-0.05, 0) is 33.6 Å². The number of piperidine rings is 1. The maximum Gasteiger partial charge on any atom is 0.422 e. The van der Waals surface area contributed by atoms with Gasteiger partial charge in [0, 0.05) is 18.2 Å². The van der Waals surface area contributed by atoms with Crippen molar-refractivity contribution in [2.24, 2.45) is 0 Å². The van der Waals surface area contributed by atoms with Crippen LogP contribution in [0, 0.1) is 0 Å². The van der Waals surface area contributed by atoms with Crippen molar-refractivity contribution in [1.82, 2.24) is 10.3 Å². The Kier molecular flexibility index (Phi) is 6.67. The van der Waals surface area contributed by atoms with Gasteiger partial charge in [-0.1, -0.05) is 11.6 Å². The van der Waals surface area contributed by atoms with E-state index in [0.717, 1.165) is 6.42 Å². The van der Waals surface area contributed by atoms with E-state index in [4.69, 9.17) is 16.3 Å². The van der Waals surface area contributed by atoms with E-state index in [0.29, 0.717) is 25.3 Å². The topological polar surface area (TPSA) is 63.7 Å². The van der Waals surface area contributed by atoms with Crippen LogP contribution in [0.1, 0.15) is 33.6 Å². The van der Waals surface area contributed by atoms with Crippen LogP contribution in [0.25, 0.3) is 0 Å². The van der Waals surface area contributed by atoms with Crippen LogP contribution in [-0.2, 0) is 4.74 Å². The average Bonchev–Trinajstić information content (AvgIpc) is 2.50. The zero-order valence-corrected chi connectivity index (χ0v) is 16.2. The number of carbonyl (C=O) groups excluding carboxylic acids is 1. The normalized spacial score (nSPS) is 18.2. The van der Waals surface area contributed by atoms with Crippen LogP contribution in [0.3, 0.4) is 0 Å². The number of nitrogens with zero attached hydrogens (tertiary/aromatic N) is 2. The Bertz CT molecular complexity index is 665. The maximum atomic E-state index is 12.2. The van der Waals surface area contributed by atoms with Crippen LogP contribution in [0.2, 0.25) is 5.02 Å². The van der Waals surface area contributed by atoms with Crippen molar-refractivity contribution in [2.45, 2.75) is 51.4 Å². The van der Waals surface area contributed by atoms with Gasteiger partial charge < -0.3 is 19.7 Å². The van der Waals surface area contributed by atoms with Crippen LogP contribution in [0.4, 0.5) is 23.8 Å². The van der Waals surface area contributed by atoms with Crippen molar-refractivity contribution in [1.29, 1.82) is 0 Å². The lowest BCUT2D eigenvalue weighted by Gasteiger charge is -2.34. The van der Waals surface area contributed by atoms with E-state index in [1.54, 1.807) is 0 Å². The first-order valence-electron chi connectivity index (χ1n) is 8.52. The molecule has 0 unspecified atom stereocenters. The molecule has 152 valence electrons. The zero-order chi connectivity index (χ0) is 20.2. The fraction of sp³-hybridized carbons (Fsp3) is 0.647. The van der Waals surface area contributed by atoms with E-state index in [1.165, 1.54) is 12.3 Å². The third-order valence-electron chi connectivity index (χ3n) is 3.63. The lowest BCUT2D eigenvalue weighted by atomic mass is 10.1. The Morgan fingerprint density at radius 1 is 1.41 bits per heavy atom. The molecule has 1 saturated heterocycles. The number of ether oxygens (including phenoxy) is 2. The molecule has 1 aromatic heterocycles. The minimum Gasteiger partial charge on any atom is -0.482 e. The second-order valence-corrected chi connectivity index (χ2v) is 7.78. The Hall–Kier alpha value is -1.90. The van der Waals surface area contributed by atoms with Gasteiger partial charge in [0.25, 0.3) is 0 Å². The molecule has 1 aliphatic rings. The highest BCUT2D eigenvalue weighted by Gasteiger charge is 2.29. The first-order chi connectivity index (χ1) is 12.4. The molecule has 0 aromatic carbocycles. The van der Waals surface area contributed by atoms with Crippen LogP contribution >= 0.6 is 11.6 Å². The molecule has 1 N–H and O–H groups in total. The summed E-state index contributed by atoms with van der Waals surface area (Å²) < 4.78 is 46.8. The number of pyridine rings is 1. The molecule has 0 radical (unpaired) electrons. The number of hydrogen-bond acceptors (Lipinski definition) is 5. The van der Waals surface area contributed by atoms with Gasteiger partial charge in [0.15, 0.2) is 6.61 Å². The molecule has 0 saturated carbocycles. The lowest BCUT2D eigenvalue weighted by Crippen LogP contribution is -2.46. The third-order valence-corrected chi connectivity index (χ3v) is 3.91. The minimum absolute atomic E-state index is 0.0598. The summed E-state index contributed by atoms with van der Waals surface area (Å²) in [5, 5.41) is 2.91. The van der Waals surface area contributed by atoms with Crippen LogP contribution in [0.15, 0.2) is 12.3 Å². The highest BCUT2D eigenvalue weighted by atomic mass is 35.5. The first-order valence-corrected chi connectivity index (χ1v) is 8.89. The largest absolute Gasteiger partial charge is 0.482 e. The molecule has 1 atom stereocenters. The van der Waals surface area contributed by atoms with Gasteiger partial charge in [-0.2, -0.15) is 13.2 Å². The van der Waals surface area contributed by atoms with Gasteiger partial charge >= 0.3 is 12.3 Å². The number of halogens is 4. The zero-order valence-electron chi connectivity index (χ0n) is 15.4. The number of rotatable bonds is 4. The number of nitrogens with one attached hydrogen (secondary N) is 1. The molecule has 10 heteroatoms. The summed E-state index contributed by atoms with van der Waals surface area (Å²) in [5.41, 5.74) is -0.400. The Balaban J connectivity index is 1.98. The van der Waals surface area contributed by atoms with Crippen molar-refractivity contribution in [3.05, 3.63) is 17.3 Å². The molecule has 2 rings (SSSR count). The summed E-state index contributed by atoms with van der Waals surface area (Å²) in [5.74, 6) is 0.357. The summed E-state index contributed by atoms with van der Waals surface area (Å²) in [6.07, 6.45) is -2.60. The second-order valence-electron chi connectivity index (χ2n) is 7.37. The number of amides is 1. The van der Waals surface area contributed by atoms with E-state index in [1.807, 2.05) is 25.7 Å². The van der Waals surface area contributed by atoms with Crippen molar-refractivity contribution >= 4 is 23.5 Å². The monoisotopic (exact) mass is 409 g/mol. The van der Waals surface area contributed by atoms with Crippen molar-refractivity contribution in [3.63, 3.8) is 0 Å². The van der Waals surface area contributed by atoms with E-state index < -0.39 is 24.4 Å². The van der Waals surface area contributed by atoms with E-state index in [-0.39, 0.29) is 16.9 Å². The summed E-state index contributed by atoms with van der Waals surface area (Å²) in [6, 6.07) is 1.30. The van der Waals surface area contributed by atoms with E-state index in [2.05, 4.69) is 15.0 Å². The third kappa shape index (κ3) is 7.32. The smallest absolute Gasteiger partial charge is 0.422 e. The fourth-order valence-electron chi connectivity index (χ4n) is 2.60. The summed E-state index contributed by atoms with van der Waals surface area (Å²) in [6.45, 7) is 5.20.